The van der Waals surface area contributed by atoms with Crippen LogP contribution in [-0.4, -0.2) is 33.0 Å². The van der Waals surface area contributed by atoms with Crippen molar-refractivity contribution in [1.29, 1.82) is 0 Å². The maximum atomic E-state index is 12.9. The number of hydrogen-bond acceptors (Lipinski definition) is 4. The van der Waals surface area contributed by atoms with Gasteiger partial charge in [-0.25, -0.2) is 0 Å². The molecule has 1 aliphatic heterocycles. The number of carbonyl (C=O) groups excluding carboxylic acids is 2. The van der Waals surface area contributed by atoms with Gasteiger partial charge in [0, 0.05) is 31.1 Å². The summed E-state index contributed by atoms with van der Waals surface area (Å²) in [5.74, 6) is 0.0953. The van der Waals surface area contributed by atoms with Crippen LogP contribution in [0.3, 0.4) is 0 Å². The smallest absolute Gasteiger partial charge is 0.265 e. The highest BCUT2D eigenvalue weighted by Crippen LogP contribution is 2.37. The van der Waals surface area contributed by atoms with Gasteiger partial charge < -0.3 is 10.2 Å². The lowest BCUT2D eigenvalue weighted by Crippen LogP contribution is -2.30. The standard InChI is InChI=1S/C21H26N4O2S/c1-24-14-16(13-22-24)23-21(27)19-10-9-18(28-19)17-8-5-11-25(17)20(26)12-15-6-3-2-4-7-15/h6,9-10,13-14,17H,2-5,7-8,11-12H2,1H3,(H,23,27)/t17-/m1/s1. The van der Waals surface area contributed by atoms with E-state index in [4.69, 9.17) is 0 Å². The zero-order valence-corrected chi connectivity index (χ0v) is 17.0. The van der Waals surface area contributed by atoms with Gasteiger partial charge in [-0.3, -0.25) is 14.3 Å². The van der Waals surface area contributed by atoms with E-state index in [0.29, 0.717) is 17.0 Å². The fraction of sp³-hybridized carbons (Fsp3) is 0.476. The van der Waals surface area contributed by atoms with Crippen LogP contribution in [0.25, 0.3) is 0 Å². The number of amides is 2. The average molecular weight is 399 g/mol. The Hall–Kier alpha value is -2.41. The SMILES string of the molecule is Cn1cc(NC(=O)c2ccc([C@H]3CCCN3C(=O)CC3=CCCCC3)s2)cn1. The molecule has 1 fully saturated rings. The van der Waals surface area contributed by atoms with Crippen molar-refractivity contribution in [3.63, 3.8) is 0 Å². The Morgan fingerprint density at radius 1 is 1.29 bits per heavy atom. The molecule has 2 aromatic heterocycles. The third-order valence-electron chi connectivity index (χ3n) is 5.48. The predicted octanol–water partition coefficient (Wildman–Crippen LogP) is 4.29. The summed E-state index contributed by atoms with van der Waals surface area (Å²) < 4.78 is 1.65. The molecule has 2 aromatic rings. The number of rotatable bonds is 5. The Morgan fingerprint density at radius 2 is 2.18 bits per heavy atom. The Kier molecular flexibility index (Phi) is 5.62. The molecule has 0 saturated carbocycles. The minimum absolute atomic E-state index is 0.0987. The molecule has 1 aliphatic carbocycles. The number of aromatic nitrogens is 2. The average Bonchev–Trinajstić information content (AvgIpc) is 3.42. The number of carbonyl (C=O) groups is 2. The number of thiophene rings is 1. The van der Waals surface area contributed by atoms with Gasteiger partial charge in [0.2, 0.25) is 5.91 Å². The van der Waals surface area contributed by atoms with Crippen LogP contribution in [0.1, 0.15) is 65.5 Å². The van der Waals surface area contributed by atoms with Crippen molar-refractivity contribution >= 4 is 28.8 Å². The minimum atomic E-state index is -0.132. The van der Waals surface area contributed by atoms with Crippen molar-refractivity contribution in [1.82, 2.24) is 14.7 Å². The molecule has 7 heteroatoms. The van der Waals surface area contributed by atoms with Crippen LogP contribution in [0.2, 0.25) is 0 Å². The topological polar surface area (TPSA) is 67.2 Å². The second-order valence-corrected chi connectivity index (χ2v) is 8.70. The molecule has 2 amide bonds. The maximum Gasteiger partial charge on any atom is 0.265 e. The minimum Gasteiger partial charge on any atom is -0.335 e. The van der Waals surface area contributed by atoms with Crippen molar-refractivity contribution in [2.24, 2.45) is 7.05 Å². The van der Waals surface area contributed by atoms with Gasteiger partial charge in [0.15, 0.2) is 0 Å². The quantitative estimate of drug-likeness (QED) is 0.764. The van der Waals surface area contributed by atoms with E-state index in [2.05, 4.69) is 16.5 Å². The van der Waals surface area contributed by atoms with Gasteiger partial charge in [-0.2, -0.15) is 5.10 Å². The van der Waals surface area contributed by atoms with E-state index in [1.807, 2.05) is 24.1 Å². The Morgan fingerprint density at radius 3 is 2.93 bits per heavy atom. The molecule has 3 heterocycles. The lowest BCUT2D eigenvalue weighted by atomic mass is 9.96. The molecule has 6 nitrogen and oxygen atoms in total. The Balaban J connectivity index is 1.42. The van der Waals surface area contributed by atoms with Crippen LogP contribution in [0.5, 0.6) is 0 Å². The molecule has 148 valence electrons. The van der Waals surface area contributed by atoms with E-state index in [-0.39, 0.29) is 17.9 Å². The fourth-order valence-corrected chi connectivity index (χ4v) is 5.11. The first kappa shape index (κ1) is 18.9. The normalized spacial score (nSPS) is 19.5. The first-order valence-corrected chi connectivity index (χ1v) is 10.8. The number of hydrogen-bond donors (Lipinski definition) is 1. The van der Waals surface area contributed by atoms with Crippen molar-refractivity contribution in [3.8, 4) is 0 Å². The van der Waals surface area contributed by atoms with E-state index in [9.17, 15) is 9.59 Å². The summed E-state index contributed by atoms with van der Waals surface area (Å²) in [6, 6.07) is 3.96. The second-order valence-electron chi connectivity index (χ2n) is 7.59. The summed E-state index contributed by atoms with van der Waals surface area (Å²) in [6.07, 6.45) is 12.8. The molecule has 2 aliphatic rings. The number of nitrogens with one attached hydrogen (secondary N) is 1. The van der Waals surface area contributed by atoms with Gasteiger partial charge >= 0.3 is 0 Å². The van der Waals surface area contributed by atoms with Crippen LogP contribution in [0.4, 0.5) is 5.69 Å². The molecule has 0 spiro atoms. The summed E-state index contributed by atoms with van der Waals surface area (Å²) in [5.41, 5.74) is 1.98. The summed E-state index contributed by atoms with van der Waals surface area (Å²) in [5, 5.41) is 6.94. The molecule has 1 atom stereocenters. The first-order valence-electron chi connectivity index (χ1n) is 9.97. The third kappa shape index (κ3) is 4.19. The van der Waals surface area contributed by atoms with Crippen molar-refractivity contribution in [2.75, 3.05) is 11.9 Å². The highest BCUT2D eigenvalue weighted by atomic mass is 32.1. The highest BCUT2D eigenvalue weighted by molar-refractivity contribution is 7.14. The zero-order chi connectivity index (χ0) is 19.5. The summed E-state index contributed by atoms with van der Waals surface area (Å²) in [4.78, 5) is 29.2. The first-order chi connectivity index (χ1) is 13.6. The van der Waals surface area contributed by atoms with Crippen LogP contribution in [-0.2, 0) is 11.8 Å². The van der Waals surface area contributed by atoms with E-state index in [1.54, 1.807) is 17.1 Å². The summed E-state index contributed by atoms with van der Waals surface area (Å²) >= 11 is 1.48. The number of likely N-dealkylation sites (tertiary alicyclic amines) is 1. The van der Waals surface area contributed by atoms with Gasteiger partial charge in [0.25, 0.3) is 5.91 Å². The number of nitrogens with zero attached hydrogens (tertiary/aromatic N) is 3. The summed E-state index contributed by atoms with van der Waals surface area (Å²) in [7, 11) is 1.81. The van der Waals surface area contributed by atoms with Crippen LogP contribution in [0, 0.1) is 0 Å². The number of aryl methyl sites for hydroxylation is 1. The van der Waals surface area contributed by atoms with Crippen LogP contribution in [0.15, 0.2) is 36.2 Å². The lowest BCUT2D eigenvalue weighted by molar-refractivity contribution is -0.131. The Bertz CT molecular complexity index is 898. The third-order valence-corrected chi connectivity index (χ3v) is 6.66. The van der Waals surface area contributed by atoms with Gasteiger partial charge in [-0.05, 0) is 50.7 Å². The molecular formula is C21H26N4O2S. The van der Waals surface area contributed by atoms with E-state index < -0.39 is 0 Å². The molecule has 4 rings (SSSR count). The highest BCUT2D eigenvalue weighted by Gasteiger charge is 2.31. The number of anilines is 1. The summed E-state index contributed by atoms with van der Waals surface area (Å²) in [6.45, 7) is 0.811. The van der Waals surface area contributed by atoms with E-state index >= 15 is 0 Å². The van der Waals surface area contributed by atoms with E-state index in [0.717, 1.165) is 37.1 Å². The van der Waals surface area contributed by atoms with Crippen molar-refractivity contribution in [3.05, 3.63) is 45.9 Å². The van der Waals surface area contributed by atoms with Crippen molar-refractivity contribution < 1.29 is 9.59 Å². The van der Waals surface area contributed by atoms with E-state index in [1.165, 1.54) is 29.8 Å². The van der Waals surface area contributed by atoms with Gasteiger partial charge in [0.05, 0.1) is 22.8 Å². The molecule has 1 N–H and O–H groups in total. The monoisotopic (exact) mass is 398 g/mol. The molecule has 0 bridgehead atoms. The molecule has 0 aromatic carbocycles. The lowest BCUT2D eigenvalue weighted by Gasteiger charge is -2.25. The molecule has 28 heavy (non-hydrogen) atoms. The zero-order valence-electron chi connectivity index (χ0n) is 16.2. The number of allylic oxidation sites excluding steroid dienone is 1. The molecule has 0 radical (unpaired) electrons. The van der Waals surface area contributed by atoms with Crippen LogP contribution < -0.4 is 5.32 Å². The largest absolute Gasteiger partial charge is 0.335 e. The molecule has 1 saturated heterocycles. The maximum absolute atomic E-state index is 12.9. The Labute approximate surface area is 169 Å². The van der Waals surface area contributed by atoms with Crippen molar-refractivity contribution in [2.45, 2.75) is 51.0 Å². The second kappa shape index (κ2) is 8.31. The molecule has 0 unspecified atom stereocenters. The predicted molar refractivity (Wildman–Crippen MR) is 110 cm³/mol. The van der Waals surface area contributed by atoms with Crippen LogP contribution >= 0.6 is 11.3 Å². The van der Waals surface area contributed by atoms with Gasteiger partial charge in [0.1, 0.15) is 0 Å². The van der Waals surface area contributed by atoms with Gasteiger partial charge in [-0.1, -0.05) is 11.6 Å². The fourth-order valence-electron chi connectivity index (χ4n) is 4.05. The molecular weight excluding hydrogens is 372 g/mol. The van der Waals surface area contributed by atoms with Gasteiger partial charge in [-0.15, -0.1) is 11.3 Å².